The number of benzene rings is 1. The first-order valence-corrected chi connectivity index (χ1v) is 7.18. The van der Waals surface area contributed by atoms with E-state index in [1.165, 1.54) is 6.07 Å². The Balaban J connectivity index is 0.00000242. The molecular formula is C15H21ClF2N2O2. The lowest BCUT2D eigenvalue weighted by Gasteiger charge is -2.32. The molecule has 1 aromatic carbocycles. The van der Waals surface area contributed by atoms with Crippen molar-refractivity contribution in [2.45, 2.75) is 25.4 Å². The van der Waals surface area contributed by atoms with Gasteiger partial charge in [0, 0.05) is 25.3 Å². The van der Waals surface area contributed by atoms with Crippen LogP contribution in [0, 0.1) is 11.6 Å². The van der Waals surface area contributed by atoms with Crippen molar-refractivity contribution in [1.29, 1.82) is 0 Å². The topological polar surface area (TPSA) is 55.6 Å². The van der Waals surface area contributed by atoms with E-state index in [0.29, 0.717) is 26.2 Å². The van der Waals surface area contributed by atoms with Crippen molar-refractivity contribution in [2.75, 3.05) is 26.2 Å². The Bertz CT molecular complexity index is 494. The van der Waals surface area contributed by atoms with Crippen LogP contribution in [-0.4, -0.2) is 43.2 Å². The van der Waals surface area contributed by atoms with Crippen LogP contribution < -0.4 is 5.73 Å². The van der Waals surface area contributed by atoms with Crippen LogP contribution in [0.5, 0.6) is 0 Å². The molecule has 0 aromatic heterocycles. The number of piperidine rings is 1. The molecule has 0 bridgehead atoms. The first-order valence-electron chi connectivity index (χ1n) is 7.18. The second-order valence-corrected chi connectivity index (χ2v) is 5.13. The van der Waals surface area contributed by atoms with Crippen LogP contribution in [-0.2, 0) is 4.74 Å². The Kier molecular flexibility index (Phi) is 7.72. The molecule has 1 heterocycles. The number of likely N-dealkylation sites (tertiary alicyclic amines) is 1. The van der Waals surface area contributed by atoms with Gasteiger partial charge in [-0.15, -0.1) is 12.4 Å². The molecule has 1 aliphatic heterocycles. The fourth-order valence-corrected chi connectivity index (χ4v) is 2.37. The number of amides is 1. The molecule has 1 saturated heterocycles. The van der Waals surface area contributed by atoms with E-state index in [9.17, 15) is 13.6 Å². The number of carbonyl (C=O) groups excluding carboxylic acids is 1. The summed E-state index contributed by atoms with van der Waals surface area (Å²) in [5.74, 6) is -2.21. The maximum atomic E-state index is 13.2. The van der Waals surface area contributed by atoms with Crippen molar-refractivity contribution < 1.29 is 18.3 Å². The van der Waals surface area contributed by atoms with E-state index in [4.69, 9.17) is 10.5 Å². The van der Waals surface area contributed by atoms with E-state index in [2.05, 4.69) is 0 Å². The third kappa shape index (κ3) is 4.90. The highest BCUT2D eigenvalue weighted by molar-refractivity contribution is 5.94. The first kappa shape index (κ1) is 18.8. The highest BCUT2D eigenvalue weighted by atomic mass is 35.5. The number of nitrogens with zero attached hydrogens (tertiary/aromatic N) is 1. The number of nitrogens with two attached hydrogens (primary N) is 1. The molecule has 1 aliphatic rings. The normalized spacial score (nSPS) is 15.5. The summed E-state index contributed by atoms with van der Waals surface area (Å²) in [6.45, 7) is 2.36. The summed E-state index contributed by atoms with van der Waals surface area (Å²) in [4.78, 5) is 13.9. The average Bonchev–Trinajstić information content (AvgIpc) is 2.50. The van der Waals surface area contributed by atoms with Gasteiger partial charge in [-0.25, -0.2) is 8.78 Å². The highest BCUT2D eigenvalue weighted by Gasteiger charge is 2.24. The second-order valence-electron chi connectivity index (χ2n) is 5.13. The van der Waals surface area contributed by atoms with Crippen LogP contribution in [0.2, 0.25) is 0 Å². The van der Waals surface area contributed by atoms with Gasteiger partial charge >= 0.3 is 0 Å². The van der Waals surface area contributed by atoms with Crippen molar-refractivity contribution >= 4 is 18.3 Å². The van der Waals surface area contributed by atoms with Crippen molar-refractivity contribution in [3.63, 3.8) is 0 Å². The van der Waals surface area contributed by atoms with Crippen LogP contribution in [0.3, 0.4) is 0 Å². The number of halogens is 3. The molecule has 124 valence electrons. The predicted octanol–water partition coefficient (Wildman–Crippen LogP) is 2.36. The minimum atomic E-state index is -0.999. The molecule has 2 N–H and O–H groups in total. The van der Waals surface area contributed by atoms with Crippen LogP contribution in [0.25, 0.3) is 0 Å². The fourth-order valence-electron chi connectivity index (χ4n) is 2.37. The van der Waals surface area contributed by atoms with Crippen LogP contribution >= 0.6 is 12.4 Å². The van der Waals surface area contributed by atoms with Crippen molar-refractivity contribution in [2.24, 2.45) is 5.73 Å². The summed E-state index contributed by atoms with van der Waals surface area (Å²) in [6, 6.07) is 3.23. The zero-order valence-electron chi connectivity index (χ0n) is 12.3. The third-order valence-corrected chi connectivity index (χ3v) is 3.60. The van der Waals surface area contributed by atoms with Gasteiger partial charge < -0.3 is 15.4 Å². The van der Waals surface area contributed by atoms with Crippen molar-refractivity contribution in [3.05, 3.63) is 35.4 Å². The van der Waals surface area contributed by atoms with E-state index < -0.39 is 11.6 Å². The van der Waals surface area contributed by atoms with E-state index in [1.807, 2.05) is 0 Å². The molecule has 4 nitrogen and oxygen atoms in total. The van der Waals surface area contributed by atoms with Crippen LogP contribution in [0.1, 0.15) is 29.6 Å². The smallest absolute Gasteiger partial charge is 0.253 e. The molecule has 2 rings (SSSR count). The van der Waals surface area contributed by atoms with Gasteiger partial charge in [-0.05, 0) is 44.0 Å². The predicted molar refractivity (Wildman–Crippen MR) is 82.2 cm³/mol. The maximum absolute atomic E-state index is 13.2. The Labute approximate surface area is 135 Å². The lowest BCUT2D eigenvalue weighted by Crippen LogP contribution is -2.41. The summed E-state index contributed by atoms with van der Waals surface area (Å²) >= 11 is 0. The molecule has 22 heavy (non-hydrogen) atoms. The molecule has 0 spiro atoms. The van der Waals surface area contributed by atoms with Gasteiger partial charge in [0.25, 0.3) is 5.91 Å². The largest absolute Gasteiger partial charge is 0.378 e. The number of ether oxygens (including phenoxy) is 1. The number of hydrogen-bond donors (Lipinski definition) is 1. The third-order valence-electron chi connectivity index (χ3n) is 3.60. The molecule has 1 aromatic rings. The highest BCUT2D eigenvalue weighted by Crippen LogP contribution is 2.17. The Morgan fingerprint density at radius 2 is 1.95 bits per heavy atom. The number of carbonyl (C=O) groups is 1. The molecule has 1 fully saturated rings. The molecule has 7 heteroatoms. The van der Waals surface area contributed by atoms with Gasteiger partial charge in [0.1, 0.15) is 0 Å². The van der Waals surface area contributed by atoms with Gasteiger partial charge in [0.15, 0.2) is 11.6 Å². The lowest BCUT2D eigenvalue weighted by atomic mass is 10.1. The van der Waals surface area contributed by atoms with Gasteiger partial charge in [-0.2, -0.15) is 0 Å². The molecule has 0 radical (unpaired) electrons. The summed E-state index contributed by atoms with van der Waals surface area (Å²) in [5, 5.41) is 0. The fraction of sp³-hybridized carbons (Fsp3) is 0.533. The number of hydrogen-bond acceptors (Lipinski definition) is 3. The monoisotopic (exact) mass is 334 g/mol. The Hall–Kier alpha value is -1.24. The minimum Gasteiger partial charge on any atom is -0.378 e. The molecule has 0 saturated carbocycles. The molecule has 0 unspecified atom stereocenters. The van der Waals surface area contributed by atoms with E-state index >= 15 is 0 Å². The van der Waals surface area contributed by atoms with Gasteiger partial charge in [0.2, 0.25) is 0 Å². The zero-order valence-corrected chi connectivity index (χ0v) is 13.1. The zero-order chi connectivity index (χ0) is 15.2. The van der Waals surface area contributed by atoms with Crippen molar-refractivity contribution in [3.8, 4) is 0 Å². The minimum absolute atomic E-state index is 0. The van der Waals surface area contributed by atoms with Crippen LogP contribution in [0.4, 0.5) is 8.78 Å². The van der Waals surface area contributed by atoms with Crippen molar-refractivity contribution in [1.82, 2.24) is 4.90 Å². The Morgan fingerprint density at radius 1 is 1.27 bits per heavy atom. The standard InChI is InChI=1S/C15H20F2N2O2.ClH/c16-13-3-2-11(10-14(13)17)15(20)19-7-4-12(5-8-19)21-9-1-6-18;/h2-3,10,12H,1,4-9,18H2;1H. The quantitative estimate of drug-likeness (QED) is 0.841. The van der Waals surface area contributed by atoms with Gasteiger partial charge in [-0.3, -0.25) is 4.79 Å². The maximum Gasteiger partial charge on any atom is 0.253 e. The number of rotatable bonds is 5. The van der Waals surface area contributed by atoms with Crippen LogP contribution in [0.15, 0.2) is 18.2 Å². The molecule has 0 atom stereocenters. The SMILES string of the molecule is Cl.NCCCOC1CCN(C(=O)c2ccc(F)c(F)c2)CC1. The molecular weight excluding hydrogens is 314 g/mol. The van der Waals surface area contributed by atoms with E-state index in [0.717, 1.165) is 31.4 Å². The molecule has 0 aliphatic carbocycles. The summed E-state index contributed by atoms with van der Waals surface area (Å²) < 4.78 is 31.7. The average molecular weight is 335 g/mol. The summed E-state index contributed by atoms with van der Waals surface area (Å²) in [7, 11) is 0. The lowest BCUT2D eigenvalue weighted by molar-refractivity contribution is 0.00843. The second kappa shape index (κ2) is 9.02. The first-order chi connectivity index (χ1) is 10.1. The summed E-state index contributed by atoms with van der Waals surface area (Å²) in [6.07, 6.45) is 2.47. The van der Waals surface area contributed by atoms with E-state index in [1.54, 1.807) is 4.90 Å². The van der Waals surface area contributed by atoms with Gasteiger partial charge in [-0.1, -0.05) is 0 Å². The molecule has 1 amide bonds. The Morgan fingerprint density at radius 3 is 2.55 bits per heavy atom. The van der Waals surface area contributed by atoms with Gasteiger partial charge in [0.05, 0.1) is 6.10 Å². The van der Waals surface area contributed by atoms with E-state index in [-0.39, 0.29) is 30.0 Å². The summed E-state index contributed by atoms with van der Waals surface area (Å²) in [5.41, 5.74) is 5.58.